The average Bonchev–Trinajstić information content (AvgIpc) is 3.35. The molecule has 3 aromatic rings. The summed E-state index contributed by atoms with van der Waals surface area (Å²) in [6.07, 6.45) is 1.96. The van der Waals surface area contributed by atoms with Crippen molar-refractivity contribution in [1.82, 2.24) is 19.5 Å². The van der Waals surface area contributed by atoms with Gasteiger partial charge in [0.2, 0.25) is 11.9 Å². The summed E-state index contributed by atoms with van der Waals surface area (Å²) in [6.45, 7) is 7.64. The lowest BCUT2D eigenvalue weighted by molar-refractivity contribution is -0.118. The zero-order valence-corrected chi connectivity index (χ0v) is 21.2. The standard InChI is InChI=1S/C22H28N5O5PS/c1-5-15-13(4)17(32-33(30)31-14-9-7-6-8-10-14)21(34-15)27-11-23-16-18(27)24-22(26-20(16)29)25-19(28)12(2)3/h6-13,15,17,21,33H,5H2,1-4H3,(H2,24,25,26,28,29)/t13-,15-,17-,21-/m1/s1. The Hall–Kier alpha value is -2.62. The van der Waals surface area contributed by atoms with E-state index in [-0.39, 0.29) is 39.8 Å². The van der Waals surface area contributed by atoms with Crippen molar-refractivity contribution in [3.63, 3.8) is 0 Å². The molecule has 1 unspecified atom stereocenters. The number of hydrogen-bond acceptors (Lipinski definition) is 8. The number of anilines is 1. The van der Waals surface area contributed by atoms with E-state index in [9.17, 15) is 14.2 Å². The topological polar surface area (TPSA) is 128 Å². The third kappa shape index (κ3) is 5.06. The normalized spacial score (nSPS) is 23.3. The van der Waals surface area contributed by atoms with E-state index in [2.05, 4.69) is 34.1 Å². The summed E-state index contributed by atoms with van der Waals surface area (Å²) in [5, 5.41) is 2.54. The van der Waals surface area contributed by atoms with Crippen molar-refractivity contribution in [1.29, 1.82) is 0 Å². The van der Waals surface area contributed by atoms with Gasteiger partial charge in [0.15, 0.2) is 11.2 Å². The Morgan fingerprint density at radius 3 is 2.74 bits per heavy atom. The van der Waals surface area contributed by atoms with Gasteiger partial charge >= 0.3 is 8.25 Å². The number of benzene rings is 1. The summed E-state index contributed by atoms with van der Waals surface area (Å²) in [5.74, 6) is 0.0521. The first-order valence-electron chi connectivity index (χ1n) is 11.1. The van der Waals surface area contributed by atoms with Crippen molar-refractivity contribution in [2.45, 2.75) is 50.8 Å². The largest absolute Gasteiger partial charge is 0.426 e. The minimum absolute atomic E-state index is 0.0551. The monoisotopic (exact) mass is 505 g/mol. The van der Waals surface area contributed by atoms with Crippen LogP contribution in [0.3, 0.4) is 0 Å². The third-order valence-corrected chi connectivity index (χ3v) is 8.50. The molecule has 182 valence electrons. The van der Waals surface area contributed by atoms with Gasteiger partial charge in [-0.25, -0.2) is 9.55 Å². The fraction of sp³-hybridized carbons (Fsp3) is 0.455. The van der Waals surface area contributed by atoms with E-state index in [0.717, 1.165) is 6.42 Å². The second kappa shape index (κ2) is 10.3. The molecule has 0 spiro atoms. The molecule has 2 aromatic heterocycles. The number of amides is 1. The van der Waals surface area contributed by atoms with Crippen LogP contribution in [0.2, 0.25) is 0 Å². The van der Waals surface area contributed by atoms with Gasteiger partial charge in [0, 0.05) is 11.2 Å². The second-order valence-corrected chi connectivity index (χ2v) is 10.8. The van der Waals surface area contributed by atoms with Gasteiger partial charge in [-0.1, -0.05) is 45.9 Å². The highest BCUT2D eigenvalue weighted by Gasteiger charge is 2.44. The van der Waals surface area contributed by atoms with E-state index >= 15 is 0 Å². The smallest absolute Gasteiger partial charge is 0.368 e. The highest BCUT2D eigenvalue weighted by molar-refractivity contribution is 8.00. The first-order valence-corrected chi connectivity index (χ1v) is 13.3. The van der Waals surface area contributed by atoms with Gasteiger partial charge in [-0.05, 0) is 24.5 Å². The molecule has 5 atom stereocenters. The summed E-state index contributed by atoms with van der Waals surface area (Å²) in [6, 6.07) is 8.88. The first-order chi connectivity index (χ1) is 16.3. The zero-order valence-electron chi connectivity index (χ0n) is 19.3. The SMILES string of the molecule is CC[C@H]1S[C@@H](n2cnc3c(=O)[nH]c(NC(=O)C(C)C)nc32)[C@H](O[PH](=O)Oc2ccccc2)[C@@H]1C. The summed E-state index contributed by atoms with van der Waals surface area (Å²) in [7, 11) is -2.85. The van der Waals surface area contributed by atoms with Gasteiger partial charge in [0.1, 0.15) is 17.2 Å². The number of nitrogens with zero attached hydrogens (tertiary/aromatic N) is 3. The number of carbonyl (C=O) groups is 1. The Bertz CT molecular complexity index is 1250. The molecule has 1 saturated heterocycles. The minimum Gasteiger partial charge on any atom is -0.426 e. The van der Waals surface area contributed by atoms with Crippen LogP contribution in [0, 0.1) is 11.8 Å². The average molecular weight is 506 g/mol. The molecule has 0 aliphatic carbocycles. The highest BCUT2D eigenvalue weighted by atomic mass is 32.2. The van der Waals surface area contributed by atoms with E-state index in [1.807, 2.05) is 6.07 Å². The summed E-state index contributed by atoms with van der Waals surface area (Å²) in [5.41, 5.74) is 0.0218. The van der Waals surface area contributed by atoms with Crippen molar-refractivity contribution < 1.29 is 18.4 Å². The quantitative estimate of drug-likeness (QED) is 0.436. The number of rotatable bonds is 8. The predicted molar refractivity (Wildman–Crippen MR) is 132 cm³/mol. The molecule has 3 heterocycles. The molecule has 1 aliphatic rings. The number of aromatic amines is 1. The van der Waals surface area contributed by atoms with Gasteiger partial charge in [-0.2, -0.15) is 4.98 Å². The lowest BCUT2D eigenvalue weighted by atomic mass is 9.99. The van der Waals surface area contributed by atoms with E-state index in [1.54, 1.807) is 54.4 Å². The minimum atomic E-state index is -2.85. The van der Waals surface area contributed by atoms with Crippen LogP contribution in [-0.2, 0) is 13.9 Å². The van der Waals surface area contributed by atoms with Gasteiger partial charge in [0.05, 0.1) is 6.33 Å². The number of hydrogen-bond donors (Lipinski definition) is 2. The molecule has 4 rings (SSSR count). The molecule has 1 aromatic carbocycles. The molecule has 1 fully saturated rings. The van der Waals surface area contributed by atoms with Crippen LogP contribution in [0.25, 0.3) is 11.2 Å². The van der Waals surface area contributed by atoms with Crippen molar-refractivity contribution in [2.75, 3.05) is 5.32 Å². The van der Waals surface area contributed by atoms with E-state index in [1.165, 1.54) is 6.33 Å². The fourth-order valence-electron chi connectivity index (χ4n) is 3.86. The molecule has 10 nitrogen and oxygen atoms in total. The Morgan fingerprint density at radius 1 is 1.32 bits per heavy atom. The van der Waals surface area contributed by atoms with Crippen LogP contribution in [0.4, 0.5) is 5.95 Å². The maximum atomic E-state index is 12.8. The van der Waals surface area contributed by atoms with Crippen LogP contribution in [0.15, 0.2) is 41.5 Å². The van der Waals surface area contributed by atoms with Crippen LogP contribution >= 0.6 is 20.0 Å². The number of nitrogens with one attached hydrogen (secondary N) is 2. The van der Waals surface area contributed by atoms with Crippen molar-refractivity contribution in [2.24, 2.45) is 11.8 Å². The molecule has 34 heavy (non-hydrogen) atoms. The Labute approximate surface area is 201 Å². The fourth-order valence-corrected chi connectivity index (χ4v) is 6.60. The summed E-state index contributed by atoms with van der Waals surface area (Å²) >= 11 is 1.66. The van der Waals surface area contributed by atoms with E-state index < -0.39 is 19.9 Å². The number of thioether (sulfide) groups is 1. The molecule has 1 amide bonds. The summed E-state index contributed by atoms with van der Waals surface area (Å²) < 4.78 is 26.0. The van der Waals surface area contributed by atoms with Crippen LogP contribution in [0.5, 0.6) is 5.75 Å². The van der Waals surface area contributed by atoms with Gasteiger partial charge in [-0.15, -0.1) is 11.8 Å². The Balaban J connectivity index is 1.65. The maximum absolute atomic E-state index is 12.8. The lowest BCUT2D eigenvalue weighted by Gasteiger charge is -2.23. The van der Waals surface area contributed by atoms with Crippen LogP contribution in [0.1, 0.15) is 39.5 Å². The molecule has 0 bridgehead atoms. The van der Waals surface area contributed by atoms with Crippen molar-refractivity contribution in [3.05, 3.63) is 47.0 Å². The molecular formula is C22H28N5O5PS. The van der Waals surface area contributed by atoms with Crippen molar-refractivity contribution in [3.8, 4) is 5.75 Å². The Morgan fingerprint density at radius 2 is 2.06 bits per heavy atom. The maximum Gasteiger partial charge on any atom is 0.368 e. The Kier molecular flexibility index (Phi) is 7.45. The third-order valence-electron chi connectivity index (χ3n) is 5.75. The zero-order chi connectivity index (χ0) is 24.4. The van der Waals surface area contributed by atoms with Crippen LogP contribution in [-0.4, -0.2) is 36.8 Å². The number of imidazole rings is 1. The van der Waals surface area contributed by atoms with Gasteiger partial charge in [-0.3, -0.25) is 29.0 Å². The molecule has 0 radical (unpaired) electrons. The number of H-pyrrole nitrogens is 1. The first kappa shape index (κ1) is 24.5. The van der Waals surface area contributed by atoms with Gasteiger partial charge < -0.3 is 4.52 Å². The lowest BCUT2D eigenvalue weighted by Crippen LogP contribution is -2.26. The number of aromatic nitrogens is 4. The highest BCUT2D eigenvalue weighted by Crippen LogP contribution is 2.51. The predicted octanol–water partition coefficient (Wildman–Crippen LogP) is 4.23. The molecule has 1 aliphatic heterocycles. The summed E-state index contributed by atoms with van der Waals surface area (Å²) in [4.78, 5) is 36.0. The molecular weight excluding hydrogens is 477 g/mol. The van der Waals surface area contributed by atoms with Crippen LogP contribution < -0.4 is 15.4 Å². The second-order valence-electron chi connectivity index (χ2n) is 8.46. The number of carbonyl (C=O) groups excluding carboxylic acids is 1. The van der Waals surface area contributed by atoms with Gasteiger partial charge in [0.25, 0.3) is 5.56 Å². The molecule has 2 N–H and O–H groups in total. The number of para-hydroxylation sites is 1. The number of fused-ring (bicyclic) bond motifs is 1. The molecule has 12 heteroatoms. The van der Waals surface area contributed by atoms with Crippen molar-refractivity contribution >= 4 is 43.0 Å². The molecule has 0 saturated carbocycles. The van der Waals surface area contributed by atoms with E-state index in [4.69, 9.17) is 9.05 Å². The van der Waals surface area contributed by atoms with E-state index in [0.29, 0.717) is 11.4 Å².